The van der Waals surface area contributed by atoms with Crippen LogP contribution in [0.1, 0.15) is 36.5 Å². The molecule has 1 heterocycles. The topological polar surface area (TPSA) is 39.7 Å². The average molecular weight is 444 g/mol. The molecule has 1 aromatic carbocycles. The van der Waals surface area contributed by atoms with E-state index in [1.54, 1.807) is 0 Å². The normalized spacial score (nSPS) is 18.3. The molecule has 0 aromatic heterocycles. The molecule has 0 spiro atoms. The molecule has 1 aliphatic rings. The van der Waals surface area contributed by atoms with Crippen molar-refractivity contribution < 1.29 is 0 Å². The van der Waals surface area contributed by atoms with Crippen LogP contribution in [-0.2, 0) is 6.54 Å². The SMILES string of the molecule is CCCN1CCC(CNC(=NC)NCc2ccc(C)cc2C)C1.I. The predicted molar refractivity (Wildman–Crippen MR) is 114 cm³/mol. The molecule has 2 N–H and O–H groups in total. The Balaban J connectivity index is 0.00000288. The molecule has 1 saturated heterocycles. The second-order valence-electron chi connectivity index (χ2n) is 6.69. The van der Waals surface area contributed by atoms with Crippen LogP contribution in [0.25, 0.3) is 0 Å². The third-order valence-electron chi connectivity index (χ3n) is 4.64. The molecular weight excluding hydrogens is 411 g/mol. The van der Waals surface area contributed by atoms with Crippen molar-refractivity contribution in [3.8, 4) is 0 Å². The number of aliphatic imine (C=N–C) groups is 1. The van der Waals surface area contributed by atoms with Crippen LogP contribution in [0.2, 0.25) is 0 Å². The summed E-state index contributed by atoms with van der Waals surface area (Å²) in [6.07, 6.45) is 2.54. The van der Waals surface area contributed by atoms with Crippen molar-refractivity contribution in [2.45, 2.75) is 40.2 Å². The van der Waals surface area contributed by atoms with Crippen LogP contribution in [-0.4, -0.2) is 44.1 Å². The van der Waals surface area contributed by atoms with Gasteiger partial charge in [0.05, 0.1) is 0 Å². The number of rotatable bonds is 6. The van der Waals surface area contributed by atoms with Crippen LogP contribution in [0.15, 0.2) is 23.2 Å². The molecule has 0 bridgehead atoms. The van der Waals surface area contributed by atoms with Gasteiger partial charge >= 0.3 is 0 Å². The van der Waals surface area contributed by atoms with Gasteiger partial charge in [-0.1, -0.05) is 30.7 Å². The minimum atomic E-state index is 0. The van der Waals surface area contributed by atoms with Crippen molar-refractivity contribution in [1.29, 1.82) is 0 Å². The van der Waals surface area contributed by atoms with Crippen molar-refractivity contribution in [3.63, 3.8) is 0 Å². The summed E-state index contributed by atoms with van der Waals surface area (Å²) in [5.41, 5.74) is 3.97. The van der Waals surface area contributed by atoms with E-state index in [-0.39, 0.29) is 24.0 Å². The predicted octanol–water partition coefficient (Wildman–Crippen LogP) is 3.32. The zero-order valence-corrected chi connectivity index (χ0v) is 17.9. The number of nitrogens with zero attached hydrogens (tertiary/aromatic N) is 2. The van der Waals surface area contributed by atoms with Gasteiger partial charge in [-0.25, -0.2) is 0 Å². The Morgan fingerprint density at radius 2 is 2.08 bits per heavy atom. The second kappa shape index (κ2) is 10.9. The Labute approximate surface area is 164 Å². The fourth-order valence-corrected chi connectivity index (χ4v) is 3.28. The summed E-state index contributed by atoms with van der Waals surface area (Å²) in [6, 6.07) is 6.60. The van der Waals surface area contributed by atoms with Gasteiger partial charge in [0.25, 0.3) is 0 Å². The van der Waals surface area contributed by atoms with E-state index in [9.17, 15) is 0 Å². The second-order valence-corrected chi connectivity index (χ2v) is 6.69. The molecule has 1 atom stereocenters. The fourth-order valence-electron chi connectivity index (χ4n) is 3.28. The quantitative estimate of drug-likeness (QED) is 0.402. The van der Waals surface area contributed by atoms with Gasteiger partial charge in [0.2, 0.25) is 0 Å². The van der Waals surface area contributed by atoms with Gasteiger partial charge < -0.3 is 15.5 Å². The van der Waals surface area contributed by atoms with Gasteiger partial charge in [0.15, 0.2) is 5.96 Å². The zero-order valence-electron chi connectivity index (χ0n) is 15.6. The molecule has 1 unspecified atom stereocenters. The van der Waals surface area contributed by atoms with Crippen LogP contribution in [0.5, 0.6) is 0 Å². The molecule has 1 aliphatic heterocycles. The standard InChI is InChI=1S/C19H32N4.HI/c1-5-9-23-10-8-17(14-23)12-21-19(20-4)22-13-18-7-6-15(2)11-16(18)3;/h6-7,11,17H,5,8-10,12-14H2,1-4H3,(H2,20,21,22);1H. The first-order valence-corrected chi connectivity index (χ1v) is 8.85. The maximum atomic E-state index is 4.35. The molecular formula is C19H33IN4. The van der Waals surface area contributed by atoms with Gasteiger partial charge in [-0.15, -0.1) is 24.0 Å². The van der Waals surface area contributed by atoms with Crippen molar-refractivity contribution in [2.75, 3.05) is 33.2 Å². The zero-order chi connectivity index (χ0) is 16.7. The van der Waals surface area contributed by atoms with Crippen LogP contribution in [0.4, 0.5) is 0 Å². The van der Waals surface area contributed by atoms with E-state index in [0.29, 0.717) is 0 Å². The molecule has 0 radical (unpaired) electrons. The summed E-state index contributed by atoms with van der Waals surface area (Å²) in [7, 11) is 1.84. The number of benzene rings is 1. The number of halogens is 1. The van der Waals surface area contributed by atoms with Crippen molar-refractivity contribution in [2.24, 2.45) is 10.9 Å². The number of aryl methyl sites for hydroxylation is 2. The fraction of sp³-hybridized carbons (Fsp3) is 0.632. The minimum Gasteiger partial charge on any atom is -0.356 e. The van der Waals surface area contributed by atoms with Crippen LogP contribution in [0, 0.1) is 19.8 Å². The Hall–Kier alpha value is -0.820. The summed E-state index contributed by atoms with van der Waals surface area (Å²) < 4.78 is 0. The van der Waals surface area contributed by atoms with Crippen molar-refractivity contribution >= 4 is 29.9 Å². The highest BCUT2D eigenvalue weighted by molar-refractivity contribution is 14.0. The molecule has 136 valence electrons. The van der Waals surface area contributed by atoms with E-state index in [2.05, 4.69) is 59.5 Å². The highest BCUT2D eigenvalue weighted by Crippen LogP contribution is 2.15. The van der Waals surface area contributed by atoms with Crippen LogP contribution in [0.3, 0.4) is 0 Å². The lowest BCUT2D eigenvalue weighted by Gasteiger charge is -2.17. The first kappa shape index (κ1) is 21.2. The molecule has 2 rings (SSSR count). The van der Waals surface area contributed by atoms with Gasteiger partial charge in [0, 0.05) is 26.7 Å². The summed E-state index contributed by atoms with van der Waals surface area (Å²) >= 11 is 0. The lowest BCUT2D eigenvalue weighted by atomic mass is 10.1. The lowest BCUT2D eigenvalue weighted by molar-refractivity contribution is 0.324. The van der Waals surface area contributed by atoms with Crippen molar-refractivity contribution in [3.05, 3.63) is 34.9 Å². The third-order valence-corrected chi connectivity index (χ3v) is 4.64. The maximum Gasteiger partial charge on any atom is 0.191 e. The summed E-state index contributed by atoms with van der Waals surface area (Å²) in [5, 5.41) is 6.92. The van der Waals surface area contributed by atoms with Gasteiger partial charge in [-0.3, -0.25) is 4.99 Å². The number of hydrogen-bond acceptors (Lipinski definition) is 2. The molecule has 24 heavy (non-hydrogen) atoms. The van der Waals surface area contributed by atoms with E-state index in [1.165, 1.54) is 49.2 Å². The summed E-state index contributed by atoms with van der Waals surface area (Å²) in [4.78, 5) is 6.92. The molecule has 0 amide bonds. The molecule has 5 heteroatoms. The Bertz CT molecular complexity index is 530. The Morgan fingerprint density at radius 1 is 1.29 bits per heavy atom. The molecule has 1 aromatic rings. The van der Waals surface area contributed by atoms with Gasteiger partial charge in [0.1, 0.15) is 0 Å². The number of guanidine groups is 1. The largest absolute Gasteiger partial charge is 0.356 e. The van der Waals surface area contributed by atoms with Gasteiger partial charge in [-0.2, -0.15) is 0 Å². The molecule has 0 aliphatic carbocycles. The van der Waals surface area contributed by atoms with E-state index in [0.717, 1.165) is 25.0 Å². The average Bonchev–Trinajstić information content (AvgIpc) is 2.97. The van der Waals surface area contributed by atoms with E-state index < -0.39 is 0 Å². The lowest BCUT2D eigenvalue weighted by Crippen LogP contribution is -2.40. The third kappa shape index (κ3) is 6.59. The van der Waals surface area contributed by atoms with Crippen LogP contribution >= 0.6 is 24.0 Å². The molecule has 1 fully saturated rings. The number of nitrogens with one attached hydrogen (secondary N) is 2. The smallest absolute Gasteiger partial charge is 0.191 e. The highest BCUT2D eigenvalue weighted by Gasteiger charge is 2.21. The van der Waals surface area contributed by atoms with E-state index in [1.807, 2.05) is 7.05 Å². The van der Waals surface area contributed by atoms with Crippen LogP contribution < -0.4 is 10.6 Å². The molecule has 4 nitrogen and oxygen atoms in total. The van der Waals surface area contributed by atoms with E-state index in [4.69, 9.17) is 0 Å². The Kier molecular flexibility index (Phi) is 9.66. The first-order chi connectivity index (χ1) is 11.1. The van der Waals surface area contributed by atoms with Gasteiger partial charge in [-0.05, 0) is 56.8 Å². The number of likely N-dealkylation sites (tertiary alicyclic amines) is 1. The number of hydrogen-bond donors (Lipinski definition) is 2. The minimum absolute atomic E-state index is 0. The monoisotopic (exact) mass is 444 g/mol. The summed E-state index contributed by atoms with van der Waals surface area (Å²) in [5.74, 6) is 1.64. The highest BCUT2D eigenvalue weighted by atomic mass is 127. The maximum absolute atomic E-state index is 4.35. The summed E-state index contributed by atoms with van der Waals surface area (Å²) in [6.45, 7) is 12.1. The first-order valence-electron chi connectivity index (χ1n) is 8.85. The molecule has 0 saturated carbocycles. The Morgan fingerprint density at radius 3 is 2.75 bits per heavy atom. The van der Waals surface area contributed by atoms with E-state index >= 15 is 0 Å². The van der Waals surface area contributed by atoms with Crippen molar-refractivity contribution in [1.82, 2.24) is 15.5 Å².